The molecule has 0 aliphatic heterocycles. The Morgan fingerprint density at radius 2 is 2.06 bits per heavy atom. The van der Waals surface area contributed by atoms with E-state index in [0.29, 0.717) is 18.2 Å². The van der Waals surface area contributed by atoms with Crippen LogP contribution >= 0.6 is 11.3 Å². The van der Waals surface area contributed by atoms with Crippen molar-refractivity contribution in [3.8, 4) is 10.4 Å². The zero-order valence-electron chi connectivity index (χ0n) is 11.0. The third-order valence-electron chi connectivity index (χ3n) is 2.85. The maximum atomic E-state index is 14.1. The number of hydrogen-bond donors (Lipinski definition) is 1. The second-order valence-corrected chi connectivity index (χ2v) is 5.70. The lowest BCUT2D eigenvalue weighted by molar-refractivity contribution is 0.582. The van der Waals surface area contributed by atoms with Crippen LogP contribution in [0.3, 0.4) is 0 Å². The smallest absolute Gasteiger partial charge is 0.132 e. The van der Waals surface area contributed by atoms with Gasteiger partial charge in [0, 0.05) is 23.0 Å². The van der Waals surface area contributed by atoms with E-state index in [1.54, 1.807) is 17.4 Å². The summed E-state index contributed by atoms with van der Waals surface area (Å²) in [6.07, 6.45) is 0. The molecule has 0 aliphatic carbocycles. The Balaban J connectivity index is 2.23. The molecule has 0 fully saturated rings. The summed E-state index contributed by atoms with van der Waals surface area (Å²) in [6, 6.07) is 7.93. The minimum Gasteiger partial charge on any atom is -0.310 e. The lowest BCUT2D eigenvalue weighted by Gasteiger charge is -2.09. The molecule has 18 heavy (non-hydrogen) atoms. The van der Waals surface area contributed by atoms with Gasteiger partial charge in [0.1, 0.15) is 5.82 Å². The number of halogens is 1. The van der Waals surface area contributed by atoms with Crippen LogP contribution in [0.5, 0.6) is 0 Å². The van der Waals surface area contributed by atoms with Gasteiger partial charge in [0.2, 0.25) is 0 Å². The van der Waals surface area contributed by atoms with Crippen LogP contribution in [0.2, 0.25) is 0 Å². The summed E-state index contributed by atoms with van der Waals surface area (Å²) >= 11 is 1.59. The predicted octanol–water partition coefficient (Wildman–Crippen LogP) is 4.36. The summed E-state index contributed by atoms with van der Waals surface area (Å²) in [5, 5.41) is 5.29. The van der Waals surface area contributed by atoms with Crippen molar-refractivity contribution >= 4 is 11.3 Å². The van der Waals surface area contributed by atoms with Crippen LogP contribution in [0.25, 0.3) is 10.4 Å². The van der Waals surface area contributed by atoms with E-state index in [0.717, 1.165) is 16.0 Å². The van der Waals surface area contributed by atoms with Crippen molar-refractivity contribution in [1.82, 2.24) is 5.32 Å². The SMILES string of the molecule is Cc1ccsc1-c1ccc(CNC(C)C)cc1F. The van der Waals surface area contributed by atoms with Crippen molar-refractivity contribution < 1.29 is 4.39 Å². The van der Waals surface area contributed by atoms with E-state index in [1.165, 1.54) is 0 Å². The fraction of sp³-hybridized carbons (Fsp3) is 0.333. The third kappa shape index (κ3) is 2.98. The summed E-state index contributed by atoms with van der Waals surface area (Å²) in [7, 11) is 0. The lowest BCUT2D eigenvalue weighted by Crippen LogP contribution is -2.21. The van der Waals surface area contributed by atoms with Gasteiger partial charge in [0.05, 0.1) is 0 Å². The Morgan fingerprint density at radius 3 is 2.61 bits per heavy atom. The topological polar surface area (TPSA) is 12.0 Å². The fourth-order valence-electron chi connectivity index (χ4n) is 1.82. The second kappa shape index (κ2) is 5.63. The molecule has 0 aliphatic rings. The Morgan fingerprint density at radius 1 is 1.28 bits per heavy atom. The summed E-state index contributed by atoms with van der Waals surface area (Å²) in [6.45, 7) is 6.89. The van der Waals surface area contributed by atoms with E-state index in [9.17, 15) is 4.39 Å². The standard InChI is InChI=1S/C15H18FNS/c1-10(2)17-9-12-4-5-13(14(16)8-12)15-11(3)6-7-18-15/h4-8,10,17H,9H2,1-3H3. The summed E-state index contributed by atoms with van der Waals surface area (Å²) < 4.78 is 14.1. The third-order valence-corrected chi connectivity index (χ3v) is 3.90. The minimum atomic E-state index is -0.136. The van der Waals surface area contributed by atoms with Crippen molar-refractivity contribution in [1.29, 1.82) is 0 Å². The molecule has 1 heterocycles. The van der Waals surface area contributed by atoms with Gasteiger partial charge < -0.3 is 5.32 Å². The molecule has 0 unspecified atom stereocenters. The van der Waals surface area contributed by atoms with Crippen molar-refractivity contribution in [3.63, 3.8) is 0 Å². The van der Waals surface area contributed by atoms with Crippen molar-refractivity contribution in [2.75, 3.05) is 0 Å². The minimum absolute atomic E-state index is 0.136. The van der Waals surface area contributed by atoms with Gasteiger partial charge in [-0.05, 0) is 35.6 Å². The number of hydrogen-bond acceptors (Lipinski definition) is 2. The molecular weight excluding hydrogens is 245 g/mol. The van der Waals surface area contributed by atoms with Gasteiger partial charge in [-0.15, -0.1) is 11.3 Å². The van der Waals surface area contributed by atoms with Crippen LogP contribution in [-0.4, -0.2) is 6.04 Å². The lowest BCUT2D eigenvalue weighted by atomic mass is 10.1. The van der Waals surface area contributed by atoms with Crippen molar-refractivity contribution in [2.24, 2.45) is 0 Å². The highest BCUT2D eigenvalue weighted by Gasteiger charge is 2.09. The molecule has 3 heteroatoms. The van der Waals surface area contributed by atoms with Gasteiger partial charge in [0.25, 0.3) is 0 Å². The molecule has 0 atom stereocenters. The molecular formula is C15H18FNS. The van der Waals surface area contributed by atoms with Gasteiger partial charge in [-0.1, -0.05) is 26.0 Å². The van der Waals surface area contributed by atoms with Crippen LogP contribution in [-0.2, 0) is 6.54 Å². The van der Waals surface area contributed by atoms with Gasteiger partial charge in [-0.2, -0.15) is 0 Å². The van der Waals surface area contributed by atoms with Gasteiger partial charge in [-0.25, -0.2) is 4.39 Å². The fourth-order valence-corrected chi connectivity index (χ4v) is 2.78. The van der Waals surface area contributed by atoms with Crippen molar-refractivity contribution in [3.05, 3.63) is 46.6 Å². The first-order valence-electron chi connectivity index (χ1n) is 6.14. The summed E-state index contributed by atoms with van der Waals surface area (Å²) in [4.78, 5) is 1.02. The first kappa shape index (κ1) is 13.2. The molecule has 0 saturated heterocycles. The highest BCUT2D eigenvalue weighted by Crippen LogP contribution is 2.31. The van der Waals surface area contributed by atoms with E-state index >= 15 is 0 Å². The average Bonchev–Trinajstić information content (AvgIpc) is 2.73. The molecule has 0 saturated carbocycles. The first-order chi connectivity index (χ1) is 8.58. The monoisotopic (exact) mass is 263 g/mol. The molecule has 2 rings (SSSR count). The molecule has 2 aromatic rings. The molecule has 0 radical (unpaired) electrons. The highest BCUT2D eigenvalue weighted by molar-refractivity contribution is 7.13. The van der Waals surface area contributed by atoms with Gasteiger partial charge in [0.15, 0.2) is 0 Å². The van der Waals surface area contributed by atoms with Gasteiger partial charge in [-0.3, -0.25) is 0 Å². The van der Waals surface area contributed by atoms with Crippen LogP contribution in [0.1, 0.15) is 25.0 Å². The van der Waals surface area contributed by atoms with E-state index in [-0.39, 0.29) is 5.82 Å². The Bertz CT molecular complexity index is 531. The van der Waals surface area contributed by atoms with E-state index in [2.05, 4.69) is 19.2 Å². The number of aryl methyl sites for hydroxylation is 1. The number of rotatable bonds is 4. The molecule has 0 bridgehead atoms. The molecule has 1 N–H and O–H groups in total. The predicted molar refractivity (Wildman–Crippen MR) is 76.4 cm³/mol. The molecule has 0 amide bonds. The Hall–Kier alpha value is -1.19. The van der Waals surface area contributed by atoms with Crippen LogP contribution < -0.4 is 5.32 Å². The van der Waals surface area contributed by atoms with E-state index in [4.69, 9.17) is 0 Å². The van der Waals surface area contributed by atoms with Crippen molar-refractivity contribution in [2.45, 2.75) is 33.4 Å². The average molecular weight is 263 g/mol. The molecule has 0 spiro atoms. The highest BCUT2D eigenvalue weighted by atomic mass is 32.1. The van der Waals surface area contributed by atoms with Crippen LogP contribution in [0.15, 0.2) is 29.6 Å². The number of benzene rings is 1. The largest absolute Gasteiger partial charge is 0.310 e. The van der Waals surface area contributed by atoms with E-state index < -0.39 is 0 Å². The number of nitrogens with one attached hydrogen (secondary N) is 1. The molecule has 1 nitrogen and oxygen atoms in total. The normalized spacial score (nSPS) is 11.2. The maximum Gasteiger partial charge on any atom is 0.132 e. The molecule has 96 valence electrons. The number of thiophene rings is 1. The molecule has 1 aromatic heterocycles. The first-order valence-corrected chi connectivity index (χ1v) is 7.02. The maximum absolute atomic E-state index is 14.1. The Kier molecular flexibility index (Phi) is 4.15. The van der Waals surface area contributed by atoms with Crippen LogP contribution in [0, 0.1) is 12.7 Å². The van der Waals surface area contributed by atoms with E-state index in [1.807, 2.05) is 30.5 Å². The zero-order chi connectivity index (χ0) is 13.1. The Labute approximate surface area is 112 Å². The summed E-state index contributed by atoms with van der Waals surface area (Å²) in [5.74, 6) is -0.136. The molecule has 1 aromatic carbocycles. The summed E-state index contributed by atoms with van der Waals surface area (Å²) in [5.41, 5.74) is 2.82. The van der Waals surface area contributed by atoms with Gasteiger partial charge >= 0.3 is 0 Å². The zero-order valence-corrected chi connectivity index (χ0v) is 11.8. The second-order valence-electron chi connectivity index (χ2n) is 4.78. The van der Waals surface area contributed by atoms with Crippen LogP contribution in [0.4, 0.5) is 4.39 Å². The quantitative estimate of drug-likeness (QED) is 0.864.